The number of alkyl carbamates (subject to hydrolysis) is 1. The lowest BCUT2D eigenvalue weighted by Gasteiger charge is -2.22. The van der Waals surface area contributed by atoms with Gasteiger partial charge in [0.2, 0.25) is 5.91 Å². The molecule has 0 heterocycles. The Morgan fingerprint density at radius 3 is 2.56 bits per heavy atom. The molecule has 9 heteroatoms. The van der Waals surface area contributed by atoms with Gasteiger partial charge in [-0.05, 0) is 30.2 Å². The number of hydrogen-bond acceptors (Lipinski definition) is 6. The van der Waals surface area contributed by atoms with Crippen molar-refractivity contribution in [1.82, 2.24) is 10.6 Å². The molecule has 182 valence electrons. The Hall–Kier alpha value is -3.33. The summed E-state index contributed by atoms with van der Waals surface area (Å²) in [5, 5.41) is 14.5. The third kappa shape index (κ3) is 10.1. The molecule has 0 radical (unpaired) electrons. The van der Waals surface area contributed by atoms with Crippen LogP contribution in [0.4, 0.5) is 4.79 Å². The monoisotopic (exact) mass is 486 g/mol. The van der Waals surface area contributed by atoms with Crippen LogP contribution in [0.5, 0.6) is 0 Å². The predicted molar refractivity (Wildman–Crippen MR) is 131 cm³/mol. The van der Waals surface area contributed by atoms with Gasteiger partial charge < -0.3 is 20.5 Å². The Balaban J connectivity index is 2.05. The van der Waals surface area contributed by atoms with E-state index in [1.54, 1.807) is 18.4 Å². The number of Topliss-reactive ketones (excluding diaryl/α,β-unsaturated/α-hetero) is 1. The summed E-state index contributed by atoms with van der Waals surface area (Å²) < 4.78 is 5.24. The zero-order valence-corrected chi connectivity index (χ0v) is 19.9. The van der Waals surface area contributed by atoms with Crippen LogP contribution in [-0.2, 0) is 25.7 Å². The van der Waals surface area contributed by atoms with E-state index in [1.165, 1.54) is 11.8 Å². The molecule has 2 atom stereocenters. The van der Waals surface area contributed by atoms with Crippen LogP contribution in [0.15, 0.2) is 66.3 Å². The quantitative estimate of drug-likeness (QED) is 0.391. The molecule has 34 heavy (non-hydrogen) atoms. The molecule has 2 unspecified atom stereocenters. The van der Waals surface area contributed by atoms with E-state index in [1.807, 2.05) is 48.6 Å². The predicted octanol–water partition coefficient (Wildman–Crippen LogP) is 3.40. The fraction of sp³-hybridized carbons (Fsp3) is 0.360. The summed E-state index contributed by atoms with van der Waals surface area (Å²) >= 11 is 1.36. The molecule has 1 aliphatic rings. The van der Waals surface area contributed by atoms with Gasteiger partial charge in [-0.1, -0.05) is 60.7 Å². The highest BCUT2D eigenvalue weighted by Crippen LogP contribution is 2.14. The molecular formula is C25H30N2O6S. The maximum absolute atomic E-state index is 13.0. The molecule has 0 fully saturated rings. The van der Waals surface area contributed by atoms with Gasteiger partial charge in [0.25, 0.3) is 0 Å². The number of hydrogen-bond donors (Lipinski definition) is 3. The maximum Gasteiger partial charge on any atom is 0.408 e. The van der Waals surface area contributed by atoms with Crippen LogP contribution >= 0.6 is 11.8 Å². The number of carboxylic acids is 1. The number of benzene rings is 1. The molecule has 0 bridgehead atoms. The van der Waals surface area contributed by atoms with Crippen LogP contribution in [-0.4, -0.2) is 53.0 Å². The van der Waals surface area contributed by atoms with Crippen molar-refractivity contribution in [3.63, 3.8) is 0 Å². The third-order valence-electron chi connectivity index (χ3n) is 4.97. The summed E-state index contributed by atoms with van der Waals surface area (Å²) in [6, 6.07) is 6.80. The van der Waals surface area contributed by atoms with Crippen LogP contribution in [0, 0.1) is 0 Å². The SMILES string of the molecule is CSCC(=O)CCC(NC(=O)C(CC1=CCC=CC=C1)NC(=O)OCc1ccccc1)C(=O)O. The number of allylic oxidation sites excluding steroid dienone is 5. The van der Waals surface area contributed by atoms with Crippen molar-refractivity contribution in [1.29, 1.82) is 0 Å². The Labute approximate surface area is 203 Å². The topological polar surface area (TPSA) is 122 Å². The number of ketones is 1. The van der Waals surface area contributed by atoms with Crippen LogP contribution in [0.1, 0.15) is 31.2 Å². The fourth-order valence-electron chi connectivity index (χ4n) is 3.20. The first kappa shape index (κ1) is 26.9. The van der Waals surface area contributed by atoms with Gasteiger partial charge >= 0.3 is 12.1 Å². The molecule has 1 aromatic carbocycles. The summed E-state index contributed by atoms with van der Waals surface area (Å²) in [5.41, 5.74) is 1.61. The third-order valence-corrected chi connectivity index (χ3v) is 5.58. The fourth-order valence-corrected chi connectivity index (χ4v) is 3.66. The second-order valence-electron chi connectivity index (χ2n) is 7.67. The smallest absolute Gasteiger partial charge is 0.408 e. The van der Waals surface area contributed by atoms with E-state index in [-0.39, 0.29) is 37.4 Å². The Morgan fingerprint density at radius 2 is 1.85 bits per heavy atom. The van der Waals surface area contributed by atoms with Crippen molar-refractivity contribution in [2.45, 2.75) is 44.4 Å². The van der Waals surface area contributed by atoms with Crippen molar-refractivity contribution in [2.24, 2.45) is 0 Å². The number of amides is 2. The number of carbonyl (C=O) groups excluding carboxylic acids is 3. The van der Waals surface area contributed by atoms with E-state index < -0.39 is 30.1 Å². The molecule has 1 aliphatic carbocycles. The van der Waals surface area contributed by atoms with Crippen LogP contribution in [0.2, 0.25) is 0 Å². The maximum atomic E-state index is 13.0. The van der Waals surface area contributed by atoms with Crippen molar-refractivity contribution in [3.8, 4) is 0 Å². The lowest BCUT2D eigenvalue weighted by molar-refractivity contribution is -0.142. The second kappa shape index (κ2) is 14.7. The van der Waals surface area contributed by atoms with E-state index in [0.29, 0.717) is 6.42 Å². The molecule has 3 N–H and O–H groups in total. The van der Waals surface area contributed by atoms with Crippen molar-refractivity contribution >= 4 is 35.5 Å². The zero-order valence-electron chi connectivity index (χ0n) is 19.1. The summed E-state index contributed by atoms with van der Waals surface area (Å²) in [6.07, 6.45) is 11.2. The van der Waals surface area contributed by atoms with Crippen LogP contribution < -0.4 is 10.6 Å². The second-order valence-corrected chi connectivity index (χ2v) is 8.54. The van der Waals surface area contributed by atoms with Crippen molar-refractivity contribution in [3.05, 3.63) is 71.8 Å². The van der Waals surface area contributed by atoms with Crippen molar-refractivity contribution < 1.29 is 29.0 Å². The molecular weight excluding hydrogens is 456 g/mol. The first-order valence-corrected chi connectivity index (χ1v) is 12.3. The Morgan fingerprint density at radius 1 is 1.09 bits per heavy atom. The van der Waals surface area contributed by atoms with E-state index in [4.69, 9.17) is 4.74 Å². The number of rotatable bonds is 13. The summed E-state index contributed by atoms with van der Waals surface area (Å²) in [5.74, 6) is -1.71. The van der Waals surface area contributed by atoms with E-state index >= 15 is 0 Å². The highest BCUT2D eigenvalue weighted by atomic mass is 32.2. The first-order chi connectivity index (χ1) is 16.4. The van der Waals surface area contributed by atoms with Gasteiger partial charge in [0, 0.05) is 12.8 Å². The van der Waals surface area contributed by atoms with Gasteiger partial charge in [-0.25, -0.2) is 9.59 Å². The molecule has 0 aromatic heterocycles. The van der Waals surface area contributed by atoms with Crippen LogP contribution in [0.25, 0.3) is 0 Å². The van der Waals surface area contributed by atoms with Gasteiger partial charge in [0.1, 0.15) is 24.5 Å². The molecule has 1 aromatic rings. The Bertz CT molecular complexity index is 942. The summed E-state index contributed by atoms with van der Waals surface area (Å²) in [6.45, 7) is 0.0306. The molecule has 0 spiro atoms. The lowest BCUT2D eigenvalue weighted by atomic mass is 10.0. The normalized spacial score (nSPS) is 14.3. The molecule has 2 rings (SSSR count). The molecule has 2 amide bonds. The zero-order chi connectivity index (χ0) is 24.8. The number of nitrogens with one attached hydrogen (secondary N) is 2. The largest absolute Gasteiger partial charge is 0.480 e. The average molecular weight is 487 g/mol. The minimum absolute atomic E-state index is 0.0296. The van der Waals surface area contributed by atoms with Gasteiger partial charge in [0.15, 0.2) is 0 Å². The standard InChI is InChI=1S/C25H30N2O6S/c1-34-17-20(28)13-14-21(24(30)31)26-23(29)22(15-18-9-5-2-3-6-10-18)27-25(32)33-16-19-11-7-4-8-12-19/h2-5,7-12,21-22H,6,13-17H2,1H3,(H,26,29)(H,27,32)(H,30,31). The van der Waals surface area contributed by atoms with E-state index in [0.717, 1.165) is 11.1 Å². The summed E-state index contributed by atoms with van der Waals surface area (Å²) in [7, 11) is 0. The highest BCUT2D eigenvalue weighted by molar-refractivity contribution is 7.99. The van der Waals surface area contributed by atoms with Gasteiger partial charge in [-0.15, -0.1) is 0 Å². The first-order valence-electron chi connectivity index (χ1n) is 10.9. The van der Waals surface area contributed by atoms with Gasteiger partial charge in [-0.2, -0.15) is 11.8 Å². The molecule has 8 nitrogen and oxygen atoms in total. The van der Waals surface area contributed by atoms with Gasteiger partial charge in [-0.3, -0.25) is 9.59 Å². The number of ether oxygens (including phenoxy) is 1. The van der Waals surface area contributed by atoms with Gasteiger partial charge in [0.05, 0.1) is 5.75 Å². The number of carboxylic acid groups (broad SMARTS) is 1. The van der Waals surface area contributed by atoms with E-state index in [9.17, 15) is 24.3 Å². The minimum atomic E-state index is -1.25. The Kier molecular flexibility index (Phi) is 11.7. The lowest BCUT2D eigenvalue weighted by Crippen LogP contribution is -2.51. The van der Waals surface area contributed by atoms with E-state index in [2.05, 4.69) is 10.6 Å². The number of aliphatic carboxylic acids is 1. The molecule has 0 saturated carbocycles. The highest BCUT2D eigenvalue weighted by Gasteiger charge is 2.28. The van der Waals surface area contributed by atoms with Crippen molar-refractivity contribution in [2.75, 3.05) is 12.0 Å². The summed E-state index contributed by atoms with van der Waals surface area (Å²) in [4.78, 5) is 48.9. The van der Waals surface area contributed by atoms with Crippen LogP contribution in [0.3, 0.4) is 0 Å². The number of carbonyl (C=O) groups is 4. The minimum Gasteiger partial charge on any atom is -0.480 e. The average Bonchev–Trinajstić information content (AvgIpc) is 3.09. The molecule has 0 saturated heterocycles. The number of thioether (sulfide) groups is 1. The molecule has 0 aliphatic heterocycles.